The Kier molecular flexibility index (Phi) is 9.49. The predicted octanol–water partition coefficient (Wildman–Crippen LogP) is 10.2. The summed E-state index contributed by atoms with van der Waals surface area (Å²) in [6, 6.07) is 26.2. The second-order valence-electron chi connectivity index (χ2n) is 9.10. The molecule has 1 nitrogen and oxygen atoms in total. The van der Waals surface area contributed by atoms with Crippen molar-refractivity contribution in [3.05, 3.63) is 126 Å². The van der Waals surface area contributed by atoms with Crippen LogP contribution in [0.3, 0.4) is 0 Å². The molecule has 1 unspecified atom stereocenters. The van der Waals surface area contributed by atoms with Crippen molar-refractivity contribution in [3.8, 4) is 0 Å². The molecule has 0 fully saturated rings. The van der Waals surface area contributed by atoms with E-state index in [4.69, 9.17) is 0 Å². The first-order valence-corrected chi connectivity index (χ1v) is 12.6. The molecule has 0 spiro atoms. The number of aromatic nitrogens is 1. The molecule has 0 aliphatic heterocycles. The van der Waals surface area contributed by atoms with Crippen molar-refractivity contribution in [2.75, 3.05) is 0 Å². The van der Waals surface area contributed by atoms with Gasteiger partial charge in [0.25, 0.3) is 0 Å². The smallest absolute Gasteiger partial charge is 0.0543 e. The Hall–Kier alpha value is -3.58. The van der Waals surface area contributed by atoms with Gasteiger partial charge in [0.1, 0.15) is 0 Å². The number of fused-ring (bicyclic) bond motifs is 3. The number of nitrogens with zero attached hydrogens (tertiary/aromatic N) is 1. The summed E-state index contributed by atoms with van der Waals surface area (Å²) >= 11 is 0. The van der Waals surface area contributed by atoms with Crippen LogP contribution in [0.25, 0.3) is 27.5 Å². The quantitative estimate of drug-likeness (QED) is 0.262. The van der Waals surface area contributed by atoms with Gasteiger partial charge in [-0.1, -0.05) is 96.6 Å². The average molecular weight is 462 g/mol. The molecule has 0 radical (unpaired) electrons. The lowest BCUT2D eigenvalue weighted by Gasteiger charge is -2.19. The van der Waals surface area contributed by atoms with Crippen LogP contribution < -0.4 is 0 Å². The Morgan fingerprint density at radius 2 is 1.43 bits per heavy atom. The second-order valence-corrected chi connectivity index (χ2v) is 9.10. The summed E-state index contributed by atoms with van der Waals surface area (Å²) in [5, 5.41) is 2.69. The van der Waals surface area contributed by atoms with Crippen LogP contribution in [0.1, 0.15) is 58.1 Å². The van der Waals surface area contributed by atoms with Gasteiger partial charge >= 0.3 is 0 Å². The maximum atomic E-state index is 2.42. The zero-order valence-electron chi connectivity index (χ0n) is 22.1. The van der Waals surface area contributed by atoms with Crippen molar-refractivity contribution in [3.63, 3.8) is 0 Å². The van der Waals surface area contributed by atoms with Gasteiger partial charge in [-0.05, 0) is 77.3 Å². The minimum Gasteiger partial charge on any atom is -0.310 e. The van der Waals surface area contributed by atoms with Gasteiger partial charge in [0, 0.05) is 22.4 Å². The molecule has 0 saturated heterocycles. The van der Waals surface area contributed by atoms with E-state index in [1.54, 1.807) is 0 Å². The van der Waals surface area contributed by atoms with Gasteiger partial charge in [0.05, 0.1) is 11.0 Å². The van der Waals surface area contributed by atoms with Crippen molar-refractivity contribution in [2.45, 2.75) is 53.9 Å². The van der Waals surface area contributed by atoms with Crippen LogP contribution in [0.4, 0.5) is 0 Å². The molecule has 5 rings (SSSR count). The summed E-state index contributed by atoms with van der Waals surface area (Å²) in [5.41, 5.74) is 7.92. The molecule has 0 saturated carbocycles. The molecule has 0 N–H and O–H groups in total. The Balaban J connectivity index is 0.000000330. The molecule has 180 valence electrons. The van der Waals surface area contributed by atoms with Crippen molar-refractivity contribution >= 4 is 27.5 Å². The summed E-state index contributed by atoms with van der Waals surface area (Å²) in [6.45, 7) is 12.4. The number of aryl methyl sites for hydroxylation is 1. The van der Waals surface area contributed by atoms with E-state index in [0.29, 0.717) is 5.92 Å². The second kappa shape index (κ2) is 12.8. The molecular weight excluding hydrogens is 422 g/mol. The zero-order chi connectivity index (χ0) is 25.2. The molecule has 0 amide bonds. The van der Waals surface area contributed by atoms with Gasteiger partial charge in [-0.15, -0.1) is 0 Å². The molecule has 1 aromatic heterocycles. The molecule has 4 aromatic rings. The lowest BCUT2D eigenvalue weighted by Crippen LogP contribution is -2.03. The molecule has 1 heterocycles. The SMILES string of the molecule is C/C=C\C.CC=C(C)C.Cc1cccc2c1c1ccccc1n2C1=CC(c2ccccc2)CC=C1. The fourth-order valence-electron chi connectivity index (χ4n) is 4.22. The van der Waals surface area contributed by atoms with Gasteiger partial charge in [0.15, 0.2) is 0 Å². The third-order valence-corrected chi connectivity index (χ3v) is 6.35. The Bertz CT molecular complexity index is 1350. The third-order valence-electron chi connectivity index (χ3n) is 6.35. The van der Waals surface area contributed by atoms with Crippen LogP contribution in [0.15, 0.2) is 115 Å². The normalized spacial score (nSPS) is 14.7. The largest absolute Gasteiger partial charge is 0.310 e. The van der Waals surface area contributed by atoms with Crippen LogP contribution in [0.5, 0.6) is 0 Å². The van der Waals surface area contributed by atoms with Crippen molar-refractivity contribution < 1.29 is 0 Å². The highest BCUT2D eigenvalue weighted by Crippen LogP contribution is 2.37. The van der Waals surface area contributed by atoms with E-state index in [1.165, 1.54) is 44.2 Å². The first kappa shape index (κ1) is 26.0. The monoisotopic (exact) mass is 461 g/mol. The van der Waals surface area contributed by atoms with Gasteiger partial charge in [-0.3, -0.25) is 0 Å². The van der Waals surface area contributed by atoms with Gasteiger partial charge < -0.3 is 4.57 Å². The summed E-state index contributed by atoms with van der Waals surface area (Å²) in [5.74, 6) is 0.428. The number of hydrogen-bond acceptors (Lipinski definition) is 0. The standard InChI is InChI=1S/C25H21N.C5H10.C4H8/c1-18-9-7-16-24-25(18)22-14-5-6-15-23(22)26(24)21-13-8-12-20(17-21)19-10-3-2-4-11-19;1-4-5(2)3;1-3-4-2/h2-11,13-17,20H,12H2,1H3;4H,1-3H3;3-4H,1-2H3/b;;4-3-. The number of rotatable bonds is 2. The van der Waals surface area contributed by atoms with Crippen molar-refractivity contribution in [2.24, 2.45) is 0 Å². The topological polar surface area (TPSA) is 4.93 Å². The molecule has 35 heavy (non-hydrogen) atoms. The molecule has 1 aliphatic carbocycles. The van der Waals surface area contributed by atoms with Gasteiger partial charge in [-0.2, -0.15) is 0 Å². The van der Waals surface area contributed by atoms with Gasteiger partial charge in [-0.25, -0.2) is 0 Å². The van der Waals surface area contributed by atoms with Gasteiger partial charge in [0.2, 0.25) is 0 Å². The lowest BCUT2D eigenvalue weighted by atomic mass is 9.91. The van der Waals surface area contributed by atoms with Crippen LogP contribution in [0.2, 0.25) is 0 Å². The van der Waals surface area contributed by atoms with Crippen molar-refractivity contribution in [1.82, 2.24) is 4.57 Å². The Morgan fingerprint density at radius 1 is 0.800 bits per heavy atom. The third kappa shape index (κ3) is 6.31. The van der Waals surface area contributed by atoms with Crippen LogP contribution >= 0.6 is 0 Å². The van der Waals surface area contributed by atoms with Crippen LogP contribution in [-0.4, -0.2) is 4.57 Å². The molecule has 0 bridgehead atoms. The van der Waals surface area contributed by atoms with E-state index in [1.807, 2.05) is 32.9 Å². The summed E-state index contributed by atoms with van der Waals surface area (Å²) in [7, 11) is 0. The van der Waals surface area contributed by atoms with Crippen molar-refractivity contribution in [1.29, 1.82) is 0 Å². The maximum absolute atomic E-state index is 2.42. The van der Waals surface area contributed by atoms with E-state index in [9.17, 15) is 0 Å². The number of allylic oxidation sites excluding steroid dienone is 8. The fourth-order valence-corrected chi connectivity index (χ4v) is 4.22. The number of benzene rings is 3. The van der Waals surface area contributed by atoms with Crippen LogP contribution in [-0.2, 0) is 0 Å². The minimum atomic E-state index is 0.428. The fraction of sp³-hybridized carbons (Fsp3) is 0.235. The molecule has 3 aromatic carbocycles. The molecule has 1 heteroatoms. The molecule has 1 aliphatic rings. The van der Waals surface area contributed by atoms with E-state index in [2.05, 4.69) is 122 Å². The average Bonchev–Trinajstić information content (AvgIpc) is 3.25. The zero-order valence-corrected chi connectivity index (χ0v) is 22.1. The molecular formula is C34H39N. The first-order valence-electron chi connectivity index (χ1n) is 12.6. The Morgan fingerprint density at radius 3 is 2.09 bits per heavy atom. The van der Waals surface area contributed by atoms with E-state index >= 15 is 0 Å². The van der Waals surface area contributed by atoms with E-state index in [0.717, 1.165) is 6.42 Å². The molecule has 1 atom stereocenters. The maximum Gasteiger partial charge on any atom is 0.0543 e. The lowest BCUT2D eigenvalue weighted by molar-refractivity contribution is 0.849. The highest BCUT2D eigenvalue weighted by Gasteiger charge is 2.17. The van der Waals surface area contributed by atoms with Crippen LogP contribution in [0, 0.1) is 6.92 Å². The summed E-state index contributed by atoms with van der Waals surface area (Å²) in [6.07, 6.45) is 14.1. The predicted molar refractivity (Wildman–Crippen MR) is 157 cm³/mol. The van der Waals surface area contributed by atoms with E-state index < -0.39 is 0 Å². The van der Waals surface area contributed by atoms with E-state index in [-0.39, 0.29) is 0 Å². The number of hydrogen-bond donors (Lipinski definition) is 0. The highest BCUT2D eigenvalue weighted by atomic mass is 15.0. The summed E-state index contributed by atoms with van der Waals surface area (Å²) in [4.78, 5) is 0. The summed E-state index contributed by atoms with van der Waals surface area (Å²) < 4.78 is 2.42. The first-order chi connectivity index (χ1) is 17.0. The number of para-hydroxylation sites is 1. The highest BCUT2D eigenvalue weighted by molar-refractivity contribution is 6.11. The minimum absolute atomic E-state index is 0.428. The Labute approximate surface area is 211 Å².